The highest BCUT2D eigenvalue weighted by Crippen LogP contribution is 2.44. The number of hydrogen-bond acceptors (Lipinski definition) is 5. The smallest absolute Gasteiger partial charge is 0.176 e. The molecule has 0 bridgehead atoms. The van der Waals surface area contributed by atoms with Gasteiger partial charge in [-0.05, 0) is 31.1 Å². The van der Waals surface area contributed by atoms with Gasteiger partial charge >= 0.3 is 0 Å². The molecule has 0 heterocycles. The first-order valence-corrected chi connectivity index (χ1v) is 9.37. The summed E-state index contributed by atoms with van der Waals surface area (Å²) in [5.74, 6) is -2.49. The van der Waals surface area contributed by atoms with Crippen molar-refractivity contribution >= 4 is 11.6 Å². The fourth-order valence-electron chi connectivity index (χ4n) is 3.34. The van der Waals surface area contributed by atoms with Gasteiger partial charge in [0, 0.05) is 5.92 Å². The van der Waals surface area contributed by atoms with Gasteiger partial charge in [-0.1, -0.05) is 48.0 Å². The summed E-state index contributed by atoms with van der Waals surface area (Å²) in [7, 11) is 0. The average molecular weight is 354 g/mol. The van der Waals surface area contributed by atoms with Crippen LogP contribution in [0.15, 0.2) is 11.3 Å². The van der Waals surface area contributed by atoms with E-state index >= 15 is 0 Å². The Labute approximate surface area is 151 Å². The van der Waals surface area contributed by atoms with Crippen LogP contribution in [0.1, 0.15) is 67.2 Å². The Morgan fingerprint density at radius 1 is 1.04 bits per heavy atom. The zero-order valence-corrected chi connectivity index (χ0v) is 16.4. The first-order valence-electron chi connectivity index (χ1n) is 9.37. The van der Waals surface area contributed by atoms with Crippen LogP contribution < -0.4 is 0 Å². The summed E-state index contributed by atoms with van der Waals surface area (Å²) in [5, 5.41) is 32.4. The lowest BCUT2D eigenvalue weighted by atomic mass is 9.78. The number of Topliss-reactive ketones (excluding diaryl/α,β-unsaturated/α-hetero) is 2. The third kappa shape index (κ3) is 4.50. The number of aliphatic hydroxyl groups excluding tert-OH is 2. The van der Waals surface area contributed by atoms with E-state index in [1.54, 1.807) is 13.8 Å². The minimum atomic E-state index is -2.07. The van der Waals surface area contributed by atoms with Crippen molar-refractivity contribution in [1.82, 2.24) is 0 Å². The van der Waals surface area contributed by atoms with Crippen molar-refractivity contribution in [2.75, 3.05) is 0 Å². The molecule has 0 fully saturated rings. The molecule has 3 atom stereocenters. The molecule has 0 saturated carbocycles. The molecule has 0 aromatic rings. The van der Waals surface area contributed by atoms with E-state index in [4.69, 9.17) is 0 Å². The van der Waals surface area contributed by atoms with Gasteiger partial charge in [0.2, 0.25) is 0 Å². The van der Waals surface area contributed by atoms with E-state index in [2.05, 4.69) is 0 Å². The lowest BCUT2D eigenvalue weighted by molar-refractivity contribution is -0.137. The highest BCUT2D eigenvalue weighted by atomic mass is 16.4. The van der Waals surface area contributed by atoms with Gasteiger partial charge in [0.1, 0.15) is 11.3 Å². The van der Waals surface area contributed by atoms with Crippen molar-refractivity contribution in [3.63, 3.8) is 0 Å². The zero-order valence-electron chi connectivity index (χ0n) is 16.4. The predicted molar refractivity (Wildman–Crippen MR) is 97.1 cm³/mol. The largest absolute Gasteiger partial charge is 0.508 e. The summed E-state index contributed by atoms with van der Waals surface area (Å²) in [5.41, 5.74) is -2.39. The van der Waals surface area contributed by atoms with Crippen LogP contribution in [0.3, 0.4) is 0 Å². The quantitative estimate of drug-likeness (QED) is 0.553. The minimum Gasteiger partial charge on any atom is -0.508 e. The standard InChI is InChI=1S/C20H34O5/c1-11(2)7-9-14-18(23)16(17(22)13(5)6)19(24)20(14,25)15(21)10-8-12(3)4/h11-15,21,24-25H,7-10H2,1-6H3/t14?,15-,20+/m1/s1. The minimum absolute atomic E-state index is 0.257. The number of allylic oxidation sites excluding steroid dienone is 1. The Bertz CT molecular complexity index is 532. The van der Waals surface area contributed by atoms with Crippen molar-refractivity contribution in [3.8, 4) is 0 Å². The van der Waals surface area contributed by atoms with Crippen LogP contribution in [0.2, 0.25) is 0 Å². The second kappa shape index (κ2) is 8.45. The molecular formula is C20H34O5. The Morgan fingerprint density at radius 2 is 1.56 bits per heavy atom. The van der Waals surface area contributed by atoms with E-state index in [0.717, 1.165) is 0 Å². The van der Waals surface area contributed by atoms with Crippen molar-refractivity contribution in [2.24, 2.45) is 23.7 Å². The van der Waals surface area contributed by atoms with Crippen molar-refractivity contribution in [1.29, 1.82) is 0 Å². The Morgan fingerprint density at radius 3 is 2.00 bits per heavy atom. The maximum absolute atomic E-state index is 12.8. The molecule has 144 valence electrons. The normalized spacial score (nSPS) is 25.6. The molecule has 5 nitrogen and oxygen atoms in total. The van der Waals surface area contributed by atoms with Gasteiger partial charge in [-0.2, -0.15) is 0 Å². The molecule has 5 heteroatoms. The number of ketones is 2. The first-order chi connectivity index (χ1) is 11.4. The summed E-state index contributed by atoms with van der Waals surface area (Å²) < 4.78 is 0. The number of carbonyl (C=O) groups is 2. The molecular weight excluding hydrogens is 320 g/mol. The predicted octanol–water partition coefficient (Wildman–Crippen LogP) is 3.19. The molecule has 0 radical (unpaired) electrons. The van der Waals surface area contributed by atoms with E-state index in [0.29, 0.717) is 31.1 Å². The summed E-state index contributed by atoms with van der Waals surface area (Å²) in [6.07, 6.45) is 0.604. The van der Waals surface area contributed by atoms with Crippen LogP contribution in [-0.2, 0) is 9.59 Å². The van der Waals surface area contributed by atoms with Gasteiger partial charge in [0.05, 0.1) is 12.0 Å². The zero-order chi connectivity index (χ0) is 19.5. The molecule has 25 heavy (non-hydrogen) atoms. The van der Waals surface area contributed by atoms with Crippen molar-refractivity contribution < 1.29 is 24.9 Å². The Hall–Kier alpha value is -1.20. The van der Waals surface area contributed by atoms with Gasteiger partial charge in [-0.3, -0.25) is 9.59 Å². The molecule has 1 unspecified atom stereocenters. The molecule has 3 N–H and O–H groups in total. The maximum atomic E-state index is 12.8. The first kappa shape index (κ1) is 21.8. The summed E-state index contributed by atoms with van der Waals surface area (Å²) in [4.78, 5) is 25.2. The van der Waals surface area contributed by atoms with E-state index in [9.17, 15) is 24.9 Å². The van der Waals surface area contributed by atoms with E-state index in [-0.39, 0.29) is 12.0 Å². The highest BCUT2D eigenvalue weighted by molar-refractivity contribution is 6.24. The SMILES string of the molecule is CC(C)CCC1C(=O)C(C(=O)C(C)C)=C(O)[C@@]1(O)[C@H](O)CCC(C)C. The van der Waals surface area contributed by atoms with Crippen LogP contribution in [0.5, 0.6) is 0 Å². The molecule has 1 aliphatic rings. The van der Waals surface area contributed by atoms with Gasteiger partial charge < -0.3 is 15.3 Å². The number of rotatable bonds is 9. The number of aliphatic hydroxyl groups is 3. The fourth-order valence-corrected chi connectivity index (χ4v) is 3.34. The van der Waals surface area contributed by atoms with Crippen LogP contribution in [-0.4, -0.2) is 38.6 Å². The average Bonchev–Trinajstić information content (AvgIpc) is 2.69. The number of hydrogen-bond donors (Lipinski definition) is 3. The fraction of sp³-hybridized carbons (Fsp3) is 0.800. The second-order valence-corrected chi connectivity index (χ2v) is 8.44. The Kier molecular flexibility index (Phi) is 7.39. The summed E-state index contributed by atoms with van der Waals surface area (Å²) in [6.45, 7) is 11.3. The molecule has 0 aromatic heterocycles. The molecule has 0 amide bonds. The Balaban J connectivity index is 3.27. The monoisotopic (exact) mass is 354 g/mol. The number of carbonyl (C=O) groups excluding carboxylic acids is 2. The van der Waals surface area contributed by atoms with E-state index in [1.165, 1.54) is 0 Å². The van der Waals surface area contributed by atoms with Crippen LogP contribution in [0.25, 0.3) is 0 Å². The third-order valence-corrected chi connectivity index (χ3v) is 5.04. The van der Waals surface area contributed by atoms with Crippen molar-refractivity contribution in [3.05, 3.63) is 11.3 Å². The van der Waals surface area contributed by atoms with Gasteiger partial charge in [0.25, 0.3) is 0 Å². The maximum Gasteiger partial charge on any atom is 0.176 e. The lowest BCUT2D eigenvalue weighted by Gasteiger charge is -2.34. The van der Waals surface area contributed by atoms with Crippen LogP contribution in [0.4, 0.5) is 0 Å². The molecule has 0 aliphatic heterocycles. The molecule has 0 spiro atoms. The van der Waals surface area contributed by atoms with Crippen LogP contribution in [0, 0.1) is 23.7 Å². The summed E-state index contributed by atoms with van der Waals surface area (Å²) in [6, 6.07) is 0. The van der Waals surface area contributed by atoms with Gasteiger partial charge in [-0.25, -0.2) is 0 Å². The summed E-state index contributed by atoms with van der Waals surface area (Å²) >= 11 is 0. The third-order valence-electron chi connectivity index (χ3n) is 5.04. The highest BCUT2D eigenvalue weighted by Gasteiger charge is 2.58. The molecule has 1 rings (SSSR count). The van der Waals surface area contributed by atoms with E-state index in [1.807, 2.05) is 27.7 Å². The van der Waals surface area contributed by atoms with Crippen LogP contribution >= 0.6 is 0 Å². The van der Waals surface area contributed by atoms with Gasteiger partial charge in [0.15, 0.2) is 17.2 Å². The lowest BCUT2D eigenvalue weighted by Crippen LogP contribution is -2.49. The topological polar surface area (TPSA) is 94.8 Å². The second-order valence-electron chi connectivity index (χ2n) is 8.44. The van der Waals surface area contributed by atoms with Crippen molar-refractivity contribution in [2.45, 2.75) is 78.9 Å². The van der Waals surface area contributed by atoms with Gasteiger partial charge in [-0.15, -0.1) is 0 Å². The molecule has 0 saturated heterocycles. The molecule has 1 aliphatic carbocycles. The van der Waals surface area contributed by atoms with E-state index < -0.39 is 40.9 Å². The molecule has 0 aromatic carbocycles.